The number of rotatable bonds is 0. The van der Waals surface area contributed by atoms with E-state index in [1.165, 1.54) is 0 Å². The summed E-state index contributed by atoms with van der Waals surface area (Å²) in [5.41, 5.74) is 0. The Kier molecular flexibility index (Phi) is 36.1. The van der Waals surface area contributed by atoms with Crippen molar-refractivity contribution in [2.45, 2.75) is 0 Å². The van der Waals surface area contributed by atoms with Crippen molar-refractivity contribution in [2.24, 2.45) is 0 Å². The Hall–Kier alpha value is -0.981. The van der Waals surface area contributed by atoms with Crippen LogP contribution in [0.3, 0.4) is 0 Å². The molecule has 0 aliphatic carbocycles. The summed E-state index contributed by atoms with van der Waals surface area (Å²) in [6.45, 7) is 0. The van der Waals surface area contributed by atoms with Gasteiger partial charge in [-0.3, -0.25) is 0 Å². The molecule has 0 aromatic carbocycles. The molecule has 0 saturated carbocycles. The van der Waals surface area contributed by atoms with E-state index in [0.717, 1.165) is 0 Å². The first kappa shape index (κ1) is 23.0. The Labute approximate surface area is 65.7 Å². The van der Waals surface area contributed by atoms with E-state index in [4.69, 9.17) is 30.0 Å². The van der Waals surface area contributed by atoms with Crippen LogP contribution in [-0.2, 0) is 17.1 Å². The quantitative estimate of drug-likeness (QED) is 0.390. The average molecular weight is 198 g/mol. The largest absolute Gasteiger partial charge is 0.503 e. The molecule has 0 fully saturated rings. The van der Waals surface area contributed by atoms with Gasteiger partial charge >= 0.3 is 12.3 Å². The van der Waals surface area contributed by atoms with Crippen molar-refractivity contribution in [3.8, 4) is 0 Å². The molecule has 64 valence electrons. The molecular formula is C2H6FeO7. The van der Waals surface area contributed by atoms with Crippen LogP contribution in [0, 0.1) is 0 Å². The van der Waals surface area contributed by atoms with Crippen LogP contribution < -0.4 is 0 Å². The van der Waals surface area contributed by atoms with Crippen molar-refractivity contribution in [1.82, 2.24) is 0 Å². The number of hydrogen-bond acceptors (Lipinski definition) is 2. The van der Waals surface area contributed by atoms with Crippen molar-refractivity contribution in [2.75, 3.05) is 0 Å². The second-order valence-corrected chi connectivity index (χ2v) is 0.565. The number of hydrogen-bond donors (Lipinski definition) is 4. The molecule has 0 amide bonds. The summed E-state index contributed by atoms with van der Waals surface area (Å²) in [5.74, 6) is 0. The molecular weight excluding hydrogens is 192 g/mol. The zero-order valence-corrected chi connectivity index (χ0v) is 5.56. The molecule has 0 heterocycles. The second kappa shape index (κ2) is 15.7. The summed E-state index contributed by atoms with van der Waals surface area (Å²) in [7, 11) is 0. The SMILES string of the molecule is O.O=C(O)O.O=C(O)O.[Fe]. The number of carboxylic acid groups (broad SMARTS) is 4. The van der Waals surface area contributed by atoms with E-state index in [1.807, 2.05) is 0 Å². The Bertz CT molecular complexity index is 69.6. The zero-order chi connectivity index (χ0) is 7.15. The Morgan fingerprint density at radius 2 is 0.800 bits per heavy atom. The molecule has 0 bridgehead atoms. The first-order valence-electron chi connectivity index (χ1n) is 1.30. The van der Waals surface area contributed by atoms with Crippen molar-refractivity contribution in [3.63, 3.8) is 0 Å². The Balaban J connectivity index is -0.0000000300. The maximum absolute atomic E-state index is 8.56. The Morgan fingerprint density at radius 1 is 0.800 bits per heavy atom. The summed E-state index contributed by atoms with van der Waals surface area (Å²) in [6.07, 6.45) is -3.67. The zero-order valence-electron chi connectivity index (χ0n) is 4.46. The van der Waals surface area contributed by atoms with Gasteiger partial charge in [-0.2, -0.15) is 0 Å². The molecule has 0 aliphatic heterocycles. The van der Waals surface area contributed by atoms with Crippen LogP contribution in [0.25, 0.3) is 0 Å². The van der Waals surface area contributed by atoms with Crippen LogP contribution in [0.2, 0.25) is 0 Å². The van der Waals surface area contributed by atoms with Crippen LogP contribution in [-0.4, -0.2) is 38.2 Å². The van der Waals surface area contributed by atoms with Gasteiger partial charge < -0.3 is 25.9 Å². The minimum absolute atomic E-state index is 0. The predicted molar refractivity (Wildman–Crippen MR) is 24.9 cm³/mol. The van der Waals surface area contributed by atoms with Gasteiger partial charge in [-0.05, 0) is 0 Å². The van der Waals surface area contributed by atoms with E-state index in [0.29, 0.717) is 0 Å². The van der Waals surface area contributed by atoms with Gasteiger partial charge in [0.2, 0.25) is 0 Å². The van der Waals surface area contributed by atoms with Crippen LogP contribution >= 0.6 is 0 Å². The first-order chi connectivity index (χ1) is 3.46. The summed E-state index contributed by atoms with van der Waals surface area (Å²) in [5, 5.41) is 27.9. The maximum atomic E-state index is 8.56. The minimum atomic E-state index is -1.83. The van der Waals surface area contributed by atoms with E-state index in [-0.39, 0.29) is 22.5 Å². The summed E-state index contributed by atoms with van der Waals surface area (Å²) in [6, 6.07) is 0. The topological polar surface area (TPSA) is 147 Å². The van der Waals surface area contributed by atoms with Crippen LogP contribution in [0.5, 0.6) is 0 Å². The van der Waals surface area contributed by atoms with E-state index in [9.17, 15) is 0 Å². The van der Waals surface area contributed by atoms with Crippen molar-refractivity contribution in [3.05, 3.63) is 0 Å². The molecule has 8 heteroatoms. The van der Waals surface area contributed by atoms with Gasteiger partial charge in [-0.25, -0.2) is 9.59 Å². The van der Waals surface area contributed by atoms with Crippen molar-refractivity contribution in [1.29, 1.82) is 0 Å². The average Bonchev–Trinajstić information content (AvgIpc) is 1.25. The fourth-order valence-corrected chi connectivity index (χ4v) is 0. The molecule has 0 aromatic rings. The molecule has 10 heavy (non-hydrogen) atoms. The summed E-state index contributed by atoms with van der Waals surface area (Å²) in [4.78, 5) is 17.1. The molecule has 0 spiro atoms. The van der Waals surface area contributed by atoms with Crippen LogP contribution in [0.15, 0.2) is 0 Å². The molecule has 0 unspecified atom stereocenters. The smallest absolute Gasteiger partial charge is 0.450 e. The molecule has 0 aromatic heterocycles. The molecule has 6 N–H and O–H groups in total. The van der Waals surface area contributed by atoms with E-state index < -0.39 is 12.3 Å². The molecule has 0 rings (SSSR count). The van der Waals surface area contributed by atoms with Gasteiger partial charge in [-0.15, -0.1) is 0 Å². The van der Waals surface area contributed by atoms with E-state index in [2.05, 4.69) is 0 Å². The summed E-state index contributed by atoms with van der Waals surface area (Å²) >= 11 is 0. The molecule has 0 saturated heterocycles. The third kappa shape index (κ3) is 265. The fraction of sp³-hybridized carbons (Fsp3) is 0. The van der Waals surface area contributed by atoms with Crippen molar-refractivity contribution >= 4 is 12.3 Å². The normalized spacial score (nSPS) is 4.80. The van der Waals surface area contributed by atoms with E-state index in [1.54, 1.807) is 0 Å². The standard InChI is InChI=1S/2CH2O3.Fe.H2O/c2*2-1(3)4;;/h2*(H2,2,3,4);;1H2. The first-order valence-corrected chi connectivity index (χ1v) is 1.30. The van der Waals surface area contributed by atoms with Crippen LogP contribution in [0.4, 0.5) is 9.59 Å². The van der Waals surface area contributed by atoms with E-state index >= 15 is 0 Å². The monoisotopic (exact) mass is 198 g/mol. The van der Waals surface area contributed by atoms with Gasteiger partial charge in [0, 0.05) is 17.1 Å². The molecule has 0 atom stereocenters. The fourth-order valence-electron chi connectivity index (χ4n) is 0. The third-order valence-corrected chi connectivity index (χ3v) is 0. The van der Waals surface area contributed by atoms with Crippen molar-refractivity contribution < 1.29 is 52.6 Å². The maximum Gasteiger partial charge on any atom is 0.503 e. The van der Waals surface area contributed by atoms with Gasteiger partial charge in [-0.1, -0.05) is 0 Å². The van der Waals surface area contributed by atoms with Gasteiger partial charge in [0.25, 0.3) is 0 Å². The van der Waals surface area contributed by atoms with Gasteiger partial charge in [0.1, 0.15) is 0 Å². The summed E-state index contributed by atoms with van der Waals surface area (Å²) < 4.78 is 0. The van der Waals surface area contributed by atoms with Gasteiger partial charge in [0.15, 0.2) is 0 Å². The predicted octanol–water partition coefficient (Wildman–Crippen LogP) is -0.382. The van der Waals surface area contributed by atoms with Crippen LogP contribution in [0.1, 0.15) is 0 Å². The molecule has 7 nitrogen and oxygen atoms in total. The second-order valence-electron chi connectivity index (χ2n) is 0.565. The van der Waals surface area contributed by atoms with Gasteiger partial charge in [0.05, 0.1) is 0 Å². The Morgan fingerprint density at radius 3 is 0.800 bits per heavy atom. The minimum Gasteiger partial charge on any atom is -0.450 e. The molecule has 0 radical (unpaired) electrons. The third-order valence-electron chi connectivity index (χ3n) is 0. The molecule has 0 aliphatic rings. The number of carbonyl (C=O) groups is 2.